The van der Waals surface area contributed by atoms with Crippen molar-refractivity contribution < 1.29 is 4.79 Å². The van der Waals surface area contributed by atoms with Gasteiger partial charge >= 0.3 is 0 Å². The van der Waals surface area contributed by atoms with E-state index in [-0.39, 0.29) is 11.9 Å². The highest BCUT2D eigenvalue weighted by molar-refractivity contribution is 5.81. The molecule has 0 saturated carbocycles. The Balaban J connectivity index is 2.52. The number of nitrogens with one attached hydrogen (secondary N) is 1. The number of hydrogen-bond donors (Lipinski definition) is 1. The predicted octanol–water partition coefficient (Wildman–Crippen LogP) is 1.49. The molecule has 1 amide bonds. The van der Waals surface area contributed by atoms with Crippen molar-refractivity contribution in [2.24, 2.45) is 11.8 Å². The fourth-order valence-corrected chi connectivity index (χ4v) is 2.30. The van der Waals surface area contributed by atoms with Crippen molar-refractivity contribution in [2.75, 3.05) is 20.6 Å². The molecular weight excluding hydrogens is 188 g/mol. The van der Waals surface area contributed by atoms with Crippen molar-refractivity contribution >= 4 is 5.91 Å². The number of carbonyl (C=O) groups excluding carboxylic acids is 1. The Labute approximate surface area is 93.2 Å². The van der Waals surface area contributed by atoms with Gasteiger partial charge in [-0.25, -0.2) is 0 Å². The average Bonchev–Trinajstić information content (AvgIpc) is 2.27. The van der Waals surface area contributed by atoms with Gasteiger partial charge in [-0.05, 0) is 31.2 Å². The largest absolute Gasteiger partial charge is 0.347 e. The van der Waals surface area contributed by atoms with Gasteiger partial charge in [-0.15, -0.1) is 0 Å². The molecule has 1 aliphatic rings. The van der Waals surface area contributed by atoms with Gasteiger partial charge in [0.15, 0.2) is 0 Å². The summed E-state index contributed by atoms with van der Waals surface area (Å²) in [6, 6.07) is 0.0488. The summed E-state index contributed by atoms with van der Waals surface area (Å²) < 4.78 is 0. The summed E-state index contributed by atoms with van der Waals surface area (Å²) in [5, 5.41) is 3.32. The molecule has 15 heavy (non-hydrogen) atoms. The number of hydrogen-bond acceptors (Lipinski definition) is 2. The number of likely N-dealkylation sites (N-methyl/N-ethyl adjacent to an activating group) is 1. The van der Waals surface area contributed by atoms with Crippen LogP contribution in [0.2, 0.25) is 0 Å². The highest BCUT2D eigenvalue weighted by Gasteiger charge is 2.29. The quantitative estimate of drug-likeness (QED) is 0.768. The lowest BCUT2D eigenvalue weighted by atomic mass is 9.81. The third-order valence-electron chi connectivity index (χ3n) is 3.63. The Morgan fingerprint density at radius 3 is 2.73 bits per heavy atom. The lowest BCUT2D eigenvalue weighted by molar-refractivity contribution is -0.132. The first kappa shape index (κ1) is 12.5. The second kappa shape index (κ2) is 5.50. The van der Waals surface area contributed by atoms with Gasteiger partial charge in [0.1, 0.15) is 0 Å². The normalized spacial score (nSPS) is 28.5. The van der Waals surface area contributed by atoms with E-state index in [0.29, 0.717) is 5.92 Å². The molecule has 88 valence electrons. The van der Waals surface area contributed by atoms with Gasteiger partial charge in [-0.2, -0.15) is 0 Å². The summed E-state index contributed by atoms with van der Waals surface area (Å²) >= 11 is 0. The zero-order chi connectivity index (χ0) is 11.4. The monoisotopic (exact) mass is 212 g/mol. The van der Waals surface area contributed by atoms with Crippen LogP contribution in [0.3, 0.4) is 0 Å². The number of rotatable bonds is 3. The zero-order valence-corrected chi connectivity index (χ0v) is 10.4. The van der Waals surface area contributed by atoms with Gasteiger partial charge in [0.25, 0.3) is 0 Å². The zero-order valence-electron chi connectivity index (χ0n) is 10.4. The molecule has 1 heterocycles. The van der Waals surface area contributed by atoms with E-state index in [9.17, 15) is 4.79 Å². The molecule has 0 aromatic rings. The molecule has 0 aromatic heterocycles. The number of amides is 1. The standard InChI is InChI=1S/C12H24N2O/c1-5-9(2)10-6-7-13-11(8-10)12(15)14(3)4/h9-11,13H,5-8H2,1-4H3. The van der Waals surface area contributed by atoms with Crippen LogP contribution in [0.5, 0.6) is 0 Å². The van der Waals surface area contributed by atoms with E-state index < -0.39 is 0 Å². The minimum atomic E-state index is 0.0488. The Bertz CT molecular complexity index is 216. The molecule has 3 atom stereocenters. The van der Waals surface area contributed by atoms with Gasteiger partial charge in [0, 0.05) is 14.1 Å². The molecular formula is C12H24N2O. The number of nitrogens with zero attached hydrogens (tertiary/aromatic N) is 1. The third-order valence-corrected chi connectivity index (χ3v) is 3.63. The van der Waals surface area contributed by atoms with Crippen molar-refractivity contribution in [2.45, 2.75) is 39.2 Å². The highest BCUT2D eigenvalue weighted by Crippen LogP contribution is 2.26. The molecule has 1 fully saturated rings. The van der Waals surface area contributed by atoms with Crippen LogP contribution in [-0.2, 0) is 4.79 Å². The Morgan fingerprint density at radius 1 is 1.53 bits per heavy atom. The minimum Gasteiger partial charge on any atom is -0.347 e. The smallest absolute Gasteiger partial charge is 0.239 e. The summed E-state index contributed by atoms with van der Waals surface area (Å²) in [6.07, 6.45) is 3.44. The van der Waals surface area contributed by atoms with Crippen molar-refractivity contribution in [3.05, 3.63) is 0 Å². The summed E-state index contributed by atoms with van der Waals surface area (Å²) in [4.78, 5) is 13.5. The molecule has 0 aliphatic carbocycles. The van der Waals surface area contributed by atoms with E-state index in [1.54, 1.807) is 4.90 Å². The van der Waals surface area contributed by atoms with E-state index in [4.69, 9.17) is 0 Å². The van der Waals surface area contributed by atoms with Gasteiger partial charge in [-0.1, -0.05) is 20.3 Å². The van der Waals surface area contributed by atoms with Crippen LogP contribution in [0.15, 0.2) is 0 Å². The maximum absolute atomic E-state index is 11.8. The minimum absolute atomic E-state index is 0.0488. The summed E-state index contributed by atoms with van der Waals surface area (Å²) in [5.41, 5.74) is 0. The van der Waals surface area contributed by atoms with Crippen LogP contribution in [-0.4, -0.2) is 37.5 Å². The summed E-state index contributed by atoms with van der Waals surface area (Å²) in [7, 11) is 3.66. The molecule has 3 nitrogen and oxygen atoms in total. The Kier molecular flexibility index (Phi) is 4.58. The molecule has 3 unspecified atom stereocenters. The van der Waals surface area contributed by atoms with Crippen LogP contribution in [0.1, 0.15) is 33.1 Å². The molecule has 0 bridgehead atoms. The van der Waals surface area contributed by atoms with Crippen LogP contribution in [0.4, 0.5) is 0 Å². The lowest BCUT2D eigenvalue weighted by Gasteiger charge is -2.34. The first-order valence-electron chi connectivity index (χ1n) is 6.00. The number of piperidine rings is 1. The van der Waals surface area contributed by atoms with Gasteiger partial charge in [0.2, 0.25) is 5.91 Å². The molecule has 1 rings (SSSR count). The topological polar surface area (TPSA) is 32.3 Å². The Hall–Kier alpha value is -0.570. The van der Waals surface area contributed by atoms with Crippen molar-refractivity contribution in [1.82, 2.24) is 10.2 Å². The van der Waals surface area contributed by atoms with E-state index >= 15 is 0 Å². The van der Waals surface area contributed by atoms with Crippen LogP contribution in [0.25, 0.3) is 0 Å². The predicted molar refractivity (Wildman–Crippen MR) is 62.7 cm³/mol. The molecule has 1 aliphatic heterocycles. The fraction of sp³-hybridized carbons (Fsp3) is 0.917. The van der Waals surface area contributed by atoms with Crippen LogP contribution >= 0.6 is 0 Å². The van der Waals surface area contributed by atoms with E-state index in [2.05, 4.69) is 19.2 Å². The maximum atomic E-state index is 11.8. The summed E-state index contributed by atoms with van der Waals surface area (Å²) in [6.45, 7) is 5.52. The Morgan fingerprint density at radius 2 is 2.20 bits per heavy atom. The number of carbonyl (C=O) groups is 1. The van der Waals surface area contributed by atoms with Crippen molar-refractivity contribution in [1.29, 1.82) is 0 Å². The fourth-order valence-electron chi connectivity index (χ4n) is 2.30. The maximum Gasteiger partial charge on any atom is 0.239 e. The lowest BCUT2D eigenvalue weighted by Crippen LogP contribution is -2.49. The first-order chi connectivity index (χ1) is 7.06. The average molecular weight is 212 g/mol. The molecule has 1 N–H and O–H groups in total. The van der Waals surface area contributed by atoms with Crippen LogP contribution < -0.4 is 5.32 Å². The van der Waals surface area contributed by atoms with E-state index in [1.165, 1.54) is 12.8 Å². The summed E-state index contributed by atoms with van der Waals surface area (Å²) in [5.74, 6) is 1.68. The van der Waals surface area contributed by atoms with Gasteiger partial charge < -0.3 is 10.2 Å². The van der Waals surface area contributed by atoms with Gasteiger partial charge in [-0.3, -0.25) is 4.79 Å². The van der Waals surface area contributed by atoms with Crippen molar-refractivity contribution in [3.8, 4) is 0 Å². The first-order valence-corrected chi connectivity index (χ1v) is 6.00. The second-order valence-corrected chi connectivity index (χ2v) is 4.91. The second-order valence-electron chi connectivity index (χ2n) is 4.91. The van der Waals surface area contributed by atoms with Gasteiger partial charge in [0.05, 0.1) is 6.04 Å². The highest BCUT2D eigenvalue weighted by atomic mass is 16.2. The van der Waals surface area contributed by atoms with Crippen molar-refractivity contribution in [3.63, 3.8) is 0 Å². The molecule has 3 heteroatoms. The SMILES string of the molecule is CCC(C)C1CCNC(C(=O)N(C)C)C1. The van der Waals surface area contributed by atoms with E-state index in [0.717, 1.165) is 18.9 Å². The molecule has 0 radical (unpaired) electrons. The molecule has 0 aromatic carbocycles. The third kappa shape index (κ3) is 3.20. The molecule has 0 spiro atoms. The molecule has 1 saturated heterocycles. The van der Waals surface area contributed by atoms with E-state index in [1.807, 2.05) is 14.1 Å². The van der Waals surface area contributed by atoms with Crippen LogP contribution in [0, 0.1) is 11.8 Å².